The van der Waals surface area contributed by atoms with Gasteiger partial charge in [0.15, 0.2) is 0 Å². The van der Waals surface area contributed by atoms with Crippen LogP contribution in [0.25, 0.3) is 16.7 Å². The third kappa shape index (κ3) is 4.80. The Bertz CT molecular complexity index is 1120. The first-order valence-electron chi connectivity index (χ1n) is 10.0. The van der Waals surface area contributed by atoms with Crippen LogP contribution < -0.4 is 14.2 Å². The van der Waals surface area contributed by atoms with Gasteiger partial charge in [0, 0.05) is 6.07 Å². The summed E-state index contributed by atoms with van der Waals surface area (Å²) in [5.41, 5.74) is 1.87. The van der Waals surface area contributed by atoms with Gasteiger partial charge in [-0.1, -0.05) is 26.0 Å². The summed E-state index contributed by atoms with van der Waals surface area (Å²) in [4.78, 5) is 13.8. The molecule has 0 fully saturated rings. The van der Waals surface area contributed by atoms with Gasteiger partial charge in [0.2, 0.25) is 0 Å². The second kappa shape index (κ2) is 9.24. The van der Waals surface area contributed by atoms with Crippen LogP contribution in [0.5, 0.6) is 29.5 Å². The van der Waals surface area contributed by atoms with Crippen LogP contribution in [0.4, 0.5) is 0 Å². The lowest BCUT2D eigenvalue weighted by atomic mass is 10.3. The number of nitrogens with zero attached hydrogens (tertiary/aromatic N) is 6. The normalized spacial score (nSPS) is 10.9. The van der Waals surface area contributed by atoms with Crippen molar-refractivity contribution in [2.45, 2.75) is 26.7 Å². The van der Waals surface area contributed by atoms with Crippen molar-refractivity contribution in [3.05, 3.63) is 42.5 Å². The molecule has 0 unspecified atom stereocenters. The molecule has 4 rings (SSSR count). The molecule has 0 saturated carbocycles. The van der Waals surface area contributed by atoms with E-state index in [0.29, 0.717) is 24.7 Å². The van der Waals surface area contributed by atoms with Crippen molar-refractivity contribution < 1.29 is 19.3 Å². The van der Waals surface area contributed by atoms with Crippen LogP contribution in [0.3, 0.4) is 0 Å². The van der Waals surface area contributed by atoms with E-state index < -0.39 is 0 Å². The topological polar surface area (TPSA) is 117 Å². The third-order valence-corrected chi connectivity index (χ3v) is 4.10. The molecule has 0 bridgehead atoms. The van der Waals surface area contributed by atoms with Crippen molar-refractivity contribution in [1.82, 2.24) is 29.9 Å². The molecule has 0 amide bonds. The Hall–Kier alpha value is -3.95. The molecule has 4 aromatic rings. The minimum atomic E-state index is -0.0585. The van der Waals surface area contributed by atoms with Crippen molar-refractivity contribution in [2.24, 2.45) is 0 Å². The summed E-state index contributed by atoms with van der Waals surface area (Å²) in [6.45, 7) is 4.87. The van der Waals surface area contributed by atoms with E-state index in [1.54, 1.807) is 12.1 Å². The molecular weight excluding hydrogens is 400 g/mol. The van der Waals surface area contributed by atoms with E-state index in [9.17, 15) is 5.11 Å². The van der Waals surface area contributed by atoms with Crippen LogP contribution in [0.1, 0.15) is 26.7 Å². The van der Waals surface area contributed by atoms with Gasteiger partial charge in [0.05, 0.1) is 13.2 Å². The van der Waals surface area contributed by atoms with E-state index in [-0.39, 0.29) is 23.8 Å². The Balaban J connectivity index is 1.58. The molecule has 160 valence electrons. The first-order valence-corrected chi connectivity index (χ1v) is 10.0. The van der Waals surface area contributed by atoms with Gasteiger partial charge < -0.3 is 19.3 Å². The van der Waals surface area contributed by atoms with Gasteiger partial charge in [-0.15, -0.1) is 29.9 Å². The monoisotopic (exact) mass is 422 g/mol. The largest absolute Gasteiger partial charge is 0.505 e. The van der Waals surface area contributed by atoms with E-state index >= 15 is 0 Å². The summed E-state index contributed by atoms with van der Waals surface area (Å²) in [5, 5.41) is 19.3. The number of benzene rings is 2. The average molecular weight is 422 g/mol. The molecule has 2 aromatic carbocycles. The van der Waals surface area contributed by atoms with Gasteiger partial charge >= 0.3 is 18.0 Å². The zero-order chi connectivity index (χ0) is 21.6. The summed E-state index contributed by atoms with van der Waals surface area (Å²) in [6.07, 6.45) is 1.61. The summed E-state index contributed by atoms with van der Waals surface area (Å²) < 4.78 is 16.7. The van der Waals surface area contributed by atoms with E-state index in [4.69, 9.17) is 14.2 Å². The highest BCUT2D eigenvalue weighted by Crippen LogP contribution is 2.29. The minimum absolute atomic E-state index is 0.00214. The molecule has 10 heteroatoms. The molecule has 0 aliphatic heterocycles. The fourth-order valence-corrected chi connectivity index (χ4v) is 2.69. The Morgan fingerprint density at radius 1 is 0.806 bits per heavy atom. The number of hydrogen-bond acceptors (Lipinski definition) is 9. The second-order valence-corrected chi connectivity index (χ2v) is 6.61. The van der Waals surface area contributed by atoms with Crippen LogP contribution >= 0.6 is 0 Å². The summed E-state index contributed by atoms with van der Waals surface area (Å²) in [5.74, 6) is 0.267. The maximum Gasteiger partial charge on any atom is 0.331 e. The molecule has 0 atom stereocenters. The predicted molar refractivity (Wildman–Crippen MR) is 112 cm³/mol. The van der Waals surface area contributed by atoms with Crippen molar-refractivity contribution >= 4 is 11.0 Å². The molecule has 0 spiro atoms. The molecule has 0 aliphatic rings. The molecule has 10 nitrogen and oxygen atoms in total. The third-order valence-electron chi connectivity index (χ3n) is 4.10. The molecule has 1 N–H and O–H groups in total. The lowest BCUT2D eigenvalue weighted by molar-refractivity contribution is 0.252. The Morgan fingerprint density at radius 2 is 1.39 bits per heavy atom. The first kappa shape index (κ1) is 20.3. The van der Waals surface area contributed by atoms with Crippen LogP contribution in [0, 0.1) is 0 Å². The Morgan fingerprint density at radius 3 is 1.94 bits per heavy atom. The van der Waals surface area contributed by atoms with Gasteiger partial charge in [-0.2, -0.15) is 0 Å². The van der Waals surface area contributed by atoms with Crippen LogP contribution in [-0.4, -0.2) is 48.3 Å². The highest BCUT2D eigenvalue weighted by molar-refractivity contribution is 5.73. The van der Waals surface area contributed by atoms with Crippen LogP contribution in [0.2, 0.25) is 0 Å². The van der Waals surface area contributed by atoms with E-state index in [0.717, 1.165) is 23.9 Å². The highest BCUT2D eigenvalue weighted by Gasteiger charge is 2.14. The standard InChI is InChI=1S/C21H22N6O4/c1-3-11-29-19-22-20(30-12-4-2)24-21(23-19)31-14-9-10-17(18(28)13-14)27-25-15-7-5-6-8-16(15)26-27/h5-10,13,28H,3-4,11-12H2,1-2H3. The number of fused-ring (bicyclic) bond motifs is 1. The highest BCUT2D eigenvalue weighted by atomic mass is 16.5. The Kier molecular flexibility index (Phi) is 6.06. The number of phenols is 1. The fraction of sp³-hybridized carbons (Fsp3) is 0.286. The van der Waals surface area contributed by atoms with Gasteiger partial charge in [-0.3, -0.25) is 0 Å². The maximum atomic E-state index is 10.5. The number of rotatable bonds is 9. The summed E-state index contributed by atoms with van der Waals surface area (Å²) in [6, 6.07) is 12.4. The minimum Gasteiger partial charge on any atom is -0.505 e. The van der Waals surface area contributed by atoms with Crippen LogP contribution in [0.15, 0.2) is 42.5 Å². The number of aromatic nitrogens is 6. The molecular formula is C21H22N6O4. The van der Waals surface area contributed by atoms with Gasteiger partial charge in [-0.25, -0.2) is 0 Å². The molecule has 31 heavy (non-hydrogen) atoms. The van der Waals surface area contributed by atoms with E-state index in [1.807, 2.05) is 38.1 Å². The lowest BCUT2D eigenvalue weighted by Crippen LogP contribution is -2.07. The number of ether oxygens (including phenoxy) is 3. The van der Waals surface area contributed by atoms with E-state index in [1.165, 1.54) is 10.9 Å². The van der Waals surface area contributed by atoms with Crippen molar-refractivity contribution in [2.75, 3.05) is 13.2 Å². The van der Waals surface area contributed by atoms with Gasteiger partial charge in [0.25, 0.3) is 0 Å². The maximum absolute atomic E-state index is 10.5. The number of phenolic OH excluding ortho intramolecular Hbond substituents is 1. The first-order chi connectivity index (χ1) is 15.2. The fourth-order valence-electron chi connectivity index (χ4n) is 2.69. The zero-order valence-electron chi connectivity index (χ0n) is 17.2. The zero-order valence-corrected chi connectivity index (χ0v) is 17.2. The van der Waals surface area contributed by atoms with Crippen molar-refractivity contribution in [3.8, 4) is 35.2 Å². The predicted octanol–water partition coefficient (Wildman–Crippen LogP) is 3.68. The smallest absolute Gasteiger partial charge is 0.331 e. The van der Waals surface area contributed by atoms with Crippen LogP contribution in [-0.2, 0) is 0 Å². The Labute approximate surface area is 178 Å². The van der Waals surface area contributed by atoms with Crippen molar-refractivity contribution in [1.29, 1.82) is 0 Å². The molecule has 0 aliphatic carbocycles. The number of hydrogen-bond donors (Lipinski definition) is 1. The quantitative estimate of drug-likeness (QED) is 0.431. The molecule has 0 radical (unpaired) electrons. The summed E-state index contributed by atoms with van der Waals surface area (Å²) >= 11 is 0. The summed E-state index contributed by atoms with van der Waals surface area (Å²) in [7, 11) is 0. The molecule has 2 heterocycles. The SMILES string of the molecule is CCCOc1nc(OCCC)nc(Oc2ccc(-n3nc4ccccc4n3)c(O)c2)n1. The number of aromatic hydroxyl groups is 1. The second-order valence-electron chi connectivity index (χ2n) is 6.61. The molecule has 2 aromatic heterocycles. The van der Waals surface area contributed by atoms with Crippen molar-refractivity contribution in [3.63, 3.8) is 0 Å². The lowest BCUT2D eigenvalue weighted by Gasteiger charge is -2.10. The molecule has 0 saturated heterocycles. The van der Waals surface area contributed by atoms with Gasteiger partial charge in [-0.05, 0) is 37.1 Å². The average Bonchev–Trinajstić information content (AvgIpc) is 3.20. The van der Waals surface area contributed by atoms with E-state index in [2.05, 4.69) is 25.1 Å². The van der Waals surface area contributed by atoms with Gasteiger partial charge in [0.1, 0.15) is 28.2 Å².